The molecule has 0 heteroatoms. The second kappa shape index (κ2) is 4.76. The van der Waals surface area contributed by atoms with Crippen LogP contribution in [0.15, 0.2) is 0 Å². The highest BCUT2D eigenvalue weighted by molar-refractivity contribution is 4.75. The van der Waals surface area contributed by atoms with Crippen LogP contribution in [0.5, 0.6) is 0 Å². The van der Waals surface area contributed by atoms with Crippen LogP contribution in [-0.2, 0) is 0 Å². The van der Waals surface area contributed by atoms with Gasteiger partial charge >= 0.3 is 0 Å². The third-order valence-corrected chi connectivity index (χ3v) is 1.91. The molecular weight excluding hydrogens is 120 g/mol. The molecule has 0 aromatic heterocycles. The van der Waals surface area contributed by atoms with E-state index in [4.69, 9.17) is 0 Å². The van der Waals surface area contributed by atoms with Crippen molar-refractivity contribution >= 4 is 0 Å². The molecule has 0 aliphatic carbocycles. The Morgan fingerprint density at radius 3 is 2.20 bits per heavy atom. The van der Waals surface area contributed by atoms with Crippen LogP contribution in [0.3, 0.4) is 0 Å². The van der Waals surface area contributed by atoms with Crippen LogP contribution in [0.2, 0.25) is 0 Å². The van der Waals surface area contributed by atoms with Gasteiger partial charge < -0.3 is 0 Å². The second-order valence-corrected chi connectivity index (χ2v) is 3.82. The average molecular weight is 141 g/mol. The smallest absolute Gasteiger partial charge is 0.0352 e. The molecule has 0 amide bonds. The summed E-state index contributed by atoms with van der Waals surface area (Å²) >= 11 is 0. The van der Waals surface area contributed by atoms with Gasteiger partial charge in [0.15, 0.2) is 0 Å². The molecule has 0 N–H and O–H groups in total. The summed E-state index contributed by atoms with van der Waals surface area (Å²) in [5.41, 5.74) is 0.546. The molecule has 0 spiro atoms. The van der Waals surface area contributed by atoms with Gasteiger partial charge in [-0.1, -0.05) is 40.5 Å². The maximum Gasteiger partial charge on any atom is -0.0352 e. The third kappa shape index (κ3) is 4.84. The number of hydrogen-bond donors (Lipinski definition) is 0. The summed E-state index contributed by atoms with van der Waals surface area (Å²) < 4.78 is 0. The first-order chi connectivity index (χ1) is 4.62. The number of unbranched alkanes of at least 4 members (excludes halogenated alkanes) is 1. The van der Waals surface area contributed by atoms with E-state index in [1.54, 1.807) is 0 Å². The van der Waals surface area contributed by atoms with Crippen molar-refractivity contribution in [3.63, 3.8) is 0 Å². The summed E-state index contributed by atoms with van der Waals surface area (Å²) in [6.45, 7) is 9.17. The van der Waals surface area contributed by atoms with Crippen LogP contribution < -0.4 is 0 Å². The second-order valence-electron chi connectivity index (χ2n) is 3.82. The molecule has 0 saturated heterocycles. The van der Waals surface area contributed by atoms with E-state index in [0.717, 1.165) is 0 Å². The third-order valence-electron chi connectivity index (χ3n) is 1.91. The van der Waals surface area contributed by atoms with E-state index < -0.39 is 0 Å². The van der Waals surface area contributed by atoms with Crippen LogP contribution in [-0.4, -0.2) is 0 Å². The highest BCUT2D eigenvalue weighted by Gasteiger charge is 2.14. The summed E-state index contributed by atoms with van der Waals surface area (Å²) in [7, 11) is 0. The van der Waals surface area contributed by atoms with E-state index in [-0.39, 0.29) is 0 Å². The molecule has 0 rings (SSSR count). The zero-order valence-electron chi connectivity index (χ0n) is 7.91. The van der Waals surface area contributed by atoms with Gasteiger partial charge in [-0.25, -0.2) is 0 Å². The lowest BCUT2D eigenvalue weighted by atomic mass is 9.83. The Morgan fingerprint density at radius 2 is 1.80 bits per heavy atom. The molecule has 0 heterocycles. The molecule has 0 atom stereocenters. The Bertz CT molecular complexity index is 72.1. The normalized spacial score (nSPS) is 12.0. The van der Waals surface area contributed by atoms with Crippen LogP contribution in [0.25, 0.3) is 0 Å². The maximum absolute atomic E-state index is 2.38. The van der Waals surface area contributed by atoms with Crippen LogP contribution in [0.4, 0.5) is 0 Å². The molecule has 0 unspecified atom stereocenters. The fourth-order valence-electron chi connectivity index (χ4n) is 1.31. The zero-order valence-corrected chi connectivity index (χ0v) is 7.91. The highest BCUT2D eigenvalue weighted by Crippen LogP contribution is 2.27. The van der Waals surface area contributed by atoms with Crippen molar-refractivity contribution in [2.45, 2.75) is 53.4 Å². The van der Waals surface area contributed by atoms with Gasteiger partial charge in [0.2, 0.25) is 0 Å². The topological polar surface area (TPSA) is 0 Å². The Labute approximate surface area is 66.0 Å². The van der Waals surface area contributed by atoms with Crippen molar-refractivity contribution in [1.29, 1.82) is 0 Å². The Morgan fingerprint density at radius 1 is 1.20 bits per heavy atom. The van der Waals surface area contributed by atoms with Crippen molar-refractivity contribution in [2.75, 3.05) is 0 Å². The average Bonchev–Trinajstić information content (AvgIpc) is 1.84. The monoisotopic (exact) mass is 141 g/mol. The van der Waals surface area contributed by atoms with E-state index in [1.165, 1.54) is 25.7 Å². The van der Waals surface area contributed by atoms with Crippen molar-refractivity contribution in [1.82, 2.24) is 0 Å². The molecule has 0 aliphatic heterocycles. The molecule has 0 aromatic carbocycles. The summed E-state index contributed by atoms with van der Waals surface area (Å²) in [6.07, 6.45) is 7.54. The predicted molar refractivity (Wildman–Crippen MR) is 47.9 cm³/mol. The molecular formula is C10H21. The lowest BCUT2D eigenvalue weighted by Crippen LogP contribution is -2.10. The minimum atomic E-state index is 0.546. The van der Waals surface area contributed by atoms with E-state index >= 15 is 0 Å². The van der Waals surface area contributed by atoms with E-state index in [0.29, 0.717) is 5.41 Å². The number of hydrogen-bond acceptors (Lipinski definition) is 0. The van der Waals surface area contributed by atoms with E-state index in [1.807, 2.05) is 0 Å². The van der Waals surface area contributed by atoms with Crippen molar-refractivity contribution in [3.05, 3.63) is 6.42 Å². The Kier molecular flexibility index (Phi) is 4.76. The van der Waals surface area contributed by atoms with E-state index in [9.17, 15) is 0 Å². The Balaban J connectivity index is 3.42. The molecule has 0 bridgehead atoms. The van der Waals surface area contributed by atoms with Crippen molar-refractivity contribution in [3.8, 4) is 0 Å². The van der Waals surface area contributed by atoms with Gasteiger partial charge in [0.1, 0.15) is 0 Å². The first-order valence-corrected chi connectivity index (χ1v) is 4.44. The molecule has 0 fully saturated rings. The fraction of sp³-hybridized carbons (Fsp3) is 0.900. The summed E-state index contributed by atoms with van der Waals surface area (Å²) in [4.78, 5) is 0. The first kappa shape index (κ1) is 10.0. The summed E-state index contributed by atoms with van der Waals surface area (Å²) in [5, 5.41) is 0. The standard InChI is InChI=1S/C10H21/c1-5-7-9-10(3,4)8-6-2/h7H,5-6,8-9H2,1-4H3. The van der Waals surface area contributed by atoms with Gasteiger partial charge in [-0.3, -0.25) is 0 Å². The molecule has 61 valence electrons. The van der Waals surface area contributed by atoms with Gasteiger partial charge in [-0.2, -0.15) is 0 Å². The van der Waals surface area contributed by atoms with Crippen LogP contribution >= 0.6 is 0 Å². The molecule has 0 nitrogen and oxygen atoms in total. The molecule has 0 saturated carbocycles. The first-order valence-electron chi connectivity index (χ1n) is 4.44. The molecule has 10 heavy (non-hydrogen) atoms. The zero-order chi connectivity index (χ0) is 8.04. The summed E-state index contributed by atoms with van der Waals surface area (Å²) in [5.74, 6) is 0. The Hall–Kier alpha value is 0. The minimum absolute atomic E-state index is 0.546. The summed E-state index contributed by atoms with van der Waals surface area (Å²) in [6, 6.07) is 0. The quantitative estimate of drug-likeness (QED) is 0.546. The number of rotatable bonds is 5. The van der Waals surface area contributed by atoms with Gasteiger partial charge in [-0.05, 0) is 24.7 Å². The van der Waals surface area contributed by atoms with Gasteiger partial charge in [-0.15, -0.1) is 0 Å². The van der Waals surface area contributed by atoms with Gasteiger partial charge in [0.25, 0.3) is 0 Å². The lowest BCUT2D eigenvalue weighted by Gasteiger charge is -2.23. The van der Waals surface area contributed by atoms with Crippen LogP contribution in [0.1, 0.15) is 53.4 Å². The maximum atomic E-state index is 2.38. The molecule has 0 aromatic rings. The van der Waals surface area contributed by atoms with Gasteiger partial charge in [0.05, 0.1) is 0 Å². The molecule has 1 radical (unpaired) electrons. The van der Waals surface area contributed by atoms with Crippen LogP contribution in [0, 0.1) is 11.8 Å². The molecule has 0 aliphatic rings. The minimum Gasteiger partial charge on any atom is -0.0654 e. The highest BCUT2D eigenvalue weighted by atomic mass is 14.2. The van der Waals surface area contributed by atoms with Crippen molar-refractivity contribution in [2.24, 2.45) is 5.41 Å². The SMILES string of the molecule is CC[CH]CC(C)(C)CCC. The predicted octanol–water partition coefficient (Wildman–Crippen LogP) is 3.82. The lowest BCUT2D eigenvalue weighted by molar-refractivity contribution is 0.323. The van der Waals surface area contributed by atoms with Gasteiger partial charge in [0, 0.05) is 0 Å². The van der Waals surface area contributed by atoms with E-state index in [2.05, 4.69) is 34.1 Å². The fourth-order valence-corrected chi connectivity index (χ4v) is 1.31. The largest absolute Gasteiger partial charge is 0.0654 e. The van der Waals surface area contributed by atoms with Crippen molar-refractivity contribution < 1.29 is 0 Å².